The van der Waals surface area contributed by atoms with Crippen LogP contribution in [-0.2, 0) is 17.8 Å². The minimum Gasteiger partial charge on any atom is -0.488 e. The van der Waals surface area contributed by atoms with E-state index in [-0.39, 0.29) is 49.1 Å². The Labute approximate surface area is 213 Å². The molecule has 3 N–H and O–H groups in total. The fourth-order valence-electron chi connectivity index (χ4n) is 4.33. The standard InChI is InChI=1S/C27H39N5O4/c1-18(2)29-27(35)30-23-6-7-24-22(12-23)13-26(34)32(20(4)17-33)14-19(3)25(36-24)16-31(5)15-21-8-10-28-11-9-21/h6-12,18-20,25,33H,13-17H2,1-5H3,(H2,29,30,35)/t19-,20+,25-/m1/s1. The van der Waals surface area contributed by atoms with E-state index in [0.29, 0.717) is 30.1 Å². The van der Waals surface area contributed by atoms with Gasteiger partial charge in [-0.3, -0.25) is 14.7 Å². The molecule has 0 saturated heterocycles. The van der Waals surface area contributed by atoms with E-state index >= 15 is 0 Å². The first kappa shape index (κ1) is 27.4. The summed E-state index contributed by atoms with van der Waals surface area (Å²) in [6.45, 7) is 9.45. The molecule has 2 heterocycles. The minimum atomic E-state index is -0.310. The lowest BCUT2D eigenvalue weighted by atomic mass is 10.0. The number of ether oxygens (including phenoxy) is 1. The van der Waals surface area contributed by atoms with Gasteiger partial charge >= 0.3 is 6.03 Å². The maximum absolute atomic E-state index is 13.3. The van der Waals surface area contributed by atoms with Crippen molar-refractivity contribution in [3.8, 4) is 5.75 Å². The average Bonchev–Trinajstić information content (AvgIpc) is 2.86. The highest BCUT2D eigenvalue weighted by molar-refractivity contribution is 5.90. The monoisotopic (exact) mass is 497 g/mol. The highest BCUT2D eigenvalue weighted by Crippen LogP contribution is 2.29. The van der Waals surface area contributed by atoms with Gasteiger partial charge in [0, 0.05) is 55.2 Å². The number of likely N-dealkylation sites (N-methyl/N-ethyl adjacent to an activating group) is 1. The Hall–Kier alpha value is -3.17. The van der Waals surface area contributed by atoms with Crippen LogP contribution in [0.3, 0.4) is 0 Å². The lowest BCUT2D eigenvalue weighted by Gasteiger charge is -2.34. The van der Waals surface area contributed by atoms with E-state index < -0.39 is 0 Å². The Kier molecular flexibility index (Phi) is 9.66. The number of nitrogens with one attached hydrogen (secondary N) is 2. The first-order valence-electron chi connectivity index (χ1n) is 12.5. The van der Waals surface area contributed by atoms with Gasteiger partial charge in [0.15, 0.2) is 0 Å². The summed E-state index contributed by atoms with van der Waals surface area (Å²) in [4.78, 5) is 33.6. The summed E-state index contributed by atoms with van der Waals surface area (Å²) in [5.74, 6) is 0.567. The summed E-state index contributed by atoms with van der Waals surface area (Å²) in [5, 5.41) is 15.4. The zero-order valence-electron chi connectivity index (χ0n) is 21.9. The first-order valence-corrected chi connectivity index (χ1v) is 12.5. The van der Waals surface area contributed by atoms with Gasteiger partial charge in [-0.1, -0.05) is 6.92 Å². The highest BCUT2D eigenvalue weighted by Gasteiger charge is 2.31. The van der Waals surface area contributed by atoms with Crippen molar-refractivity contribution in [1.82, 2.24) is 20.1 Å². The number of carbonyl (C=O) groups excluding carboxylic acids is 2. The number of urea groups is 1. The second-order valence-electron chi connectivity index (χ2n) is 10.0. The summed E-state index contributed by atoms with van der Waals surface area (Å²) in [7, 11) is 2.05. The van der Waals surface area contributed by atoms with Crippen molar-refractivity contribution < 1.29 is 19.4 Å². The molecule has 3 rings (SSSR count). The molecule has 0 aliphatic carbocycles. The molecule has 0 radical (unpaired) electrons. The van der Waals surface area contributed by atoms with E-state index in [0.717, 1.165) is 12.1 Å². The van der Waals surface area contributed by atoms with Crippen molar-refractivity contribution in [2.75, 3.05) is 32.1 Å². The van der Waals surface area contributed by atoms with E-state index in [9.17, 15) is 14.7 Å². The molecule has 3 amide bonds. The van der Waals surface area contributed by atoms with E-state index in [2.05, 4.69) is 27.4 Å². The summed E-state index contributed by atoms with van der Waals surface area (Å²) < 4.78 is 6.55. The SMILES string of the molecule is CC(C)NC(=O)Nc1ccc2c(c1)CC(=O)N([C@@H](C)CO)C[C@@H](C)[C@@H](CN(C)Cc1ccncc1)O2. The van der Waals surface area contributed by atoms with Gasteiger partial charge in [-0.15, -0.1) is 0 Å². The van der Waals surface area contributed by atoms with E-state index in [1.54, 1.807) is 29.4 Å². The fourth-order valence-corrected chi connectivity index (χ4v) is 4.33. The normalized spacial score (nSPS) is 19.1. The molecule has 2 aromatic rings. The van der Waals surface area contributed by atoms with Crippen molar-refractivity contribution in [3.05, 3.63) is 53.9 Å². The van der Waals surface area contributed by atoms with Gasteiger partial charge in [-0.25, -0.2) is 4.79 Å². The number of nitrogens with zero attached hydrogens (tertiary/aromatic N) is 3. The van der Waals surface area contributed by atoms with Crippen LogP contribution < -0.4 is 15.4 Å². The predicted octanol–water partition coefficient (Wildman–Crippen LogP) is 2.89. The molecule has 0 spiro atoms. The highest BCUT2D eigenvalue weighted by atomic mass is 16.5. The predicted molar refractivity (Wildman–Crippen MR) is 140 cm³/mol. The Balaban J connectivity index is 1.87. The second-order valence-corrected chi connectivity index (χ2v) is 10.0. The first-order chi connectivity index (χ1) is 17.2. The number of aliphatic hydroxyl groups excluding tert-OH is 1. The van der Waals surface area contributed by atoms with Crippen LogP contribution in [-0.4, -0.2) is 76.8 Å². The largest absolute Gasteiger partial charge is 0.488 e. The maximum Gasteiger partial charge on any atom is 0.319 e. The van der Waals surface area contributed by atoms with Gasteiger partial charge < -0.3 is 25.4 Å². The molecular formula is C27H39N5O4. The van der Waals surface area contributed by atoms with Crippen molar-refractivity contribution >= 4 is 17.6 Å². The summed E-state index contributed by atoms with van der Waals surface area (Å²) in [5.41, 5.74) is 2.45. The number of carbonyl (C=O) groups is 2. The molecule has 0 unspecified atom stereocenters. The third-order valence-electron chi connectivity index (χ3n) is 6.29. The minimum absolute atomic E-state index is 0.00248. The Bertz CT molecular complexity index is 1020. The number of hydrogen-bond donors (Lipinski definition) is 3. The number of anilines is 1. The van der Waals surface area contributed by atoms with Crippen LogP contribution >= 0.6 is 0 Å². The number of aromatic nitrogens is 1. The summed E-state index contributed by atoms with van der Waals surface area (Å²) in [6.07, 6.45) is 3.49. The fraction of sp³-hybridized carbons (Fsp3) is 0.519. The van der Waals surface area contributed by atoms with Gasteiger partial charge in [0.2, 0.25) is 5.91 Å². The van der Waals surface area contributed by atoms with Crippen LogP contribution in [0.25, 0.3) is 0 Å². The number of aliphatic hydroxyl groups is 1. The molecule has 1 aliphatic rings. The van der Waals surface area contributed by atoms with Crippen molar-refractivity contribution in [2.24, 2.45) is 5.92 Å². The number of fused-ring (bicyclic) bond motifs is 1. The third kappa shape index (κ3) is 7.66. The molecule has 1 aromatic carbocycles. The molecule has 1 aromatic heterocycles. The van der Waals surface area contributed by atoms with Crippen LogP contribution in [0.2, 0.25) is 0 Å². The zero-order chi connectivity index (χ0) is 26.2. The van der Waals surface area contributed by atoms with Crippen LogP contribution in [0.1, 0.15) is 38.8 Å². The van der Waals surface area contributed by atoms with Gasteiger partial charge in [0.25, 0.3) is 0 Å². The number of hydrogen-bond acceptors (Lipinski definition) is 6. The molecule has 36 heavy (non-hydrogen) atoms. The Morgan fingerprint density at radius 2 is 1.97 bits per heavy atom. The number of benzene rings is 1. The molecule has 1 aliphatic heterocycles. The lowest BCUT2D eigenvalue weighted by molar-refractivity contribution is -0.134. The molecule has 0 bridgehead atoms. The molecule has 9 heteroatoms. The quantitative estimate of drug-likeness (QED) is 0.518. The molecule has 0 saturated carbocycles. The van der Waals surface area contributed by atoms with Crippen LogP contribution in [0.5, 0.6) is 5.75 Å². The third-order valence-corrected chi connectivity index (χ3v) is 6.29. The van der Waals surface area contributed by atoms with E-state index in [1.165, 1.54) is 0 Å². The topological polar surface area (TPSA) is 107 Å². The van der Waals surface area contributed by atoms with E-state index in [1.807, 2.05) is 46.0 Å². The zero-order valence-corrected chi connectivity index (χ0v) is 21.9. The number of pyridine rings is 1. The van der Waals surface area contributed by atoms with Crippen LogP contribution in [0.15, 0.2) is 42.7 Å². The van der Waals surface area contributed by atoms with E-state index in [4.69, 9.17) is 4.74 Å². The van der Waals surface area contributed by atoms with Gasteiger partial charge in [0.05, 0.1) is 19.1 Å². The van der Waals surface area contributed by atoms with Crippen LogP contribution in [0.4, 0.5) is 10.5 Å². The van der Waals surface area contributed by atoms with Gasteiger partial charge in [-0.05, 0) is 63.7 Å². The Morgan fingerprint density at radius 1 is 1.25 bits per heavy atom. The van der Waals surface area contributed by atoms with Crippen LogP contribution in [0, 0.1) is 5.92 Å². The smallest absolute Gasteiger partial charge is 0.319 e. The molecule has 0 fully saturated rings. The molecule has 196 valence electrons. The van der Waals surface area contributed by atoms with Crippen molar-refractivity contribution in [2.45, 2.75) is 58.8 Å². The van der Waals surface area contributed by atoms with Crippen molar-refractivity contribution in [1.29, 1.82) is 0 Å². The lowest BCUT2D eigenvalue weighted by Crippen LogP contribution is -2.47. The molecule has 9 nitrogen and oxygen atoms in total. The van der Waals surface area contributed by atoms with Gasteiger partial charge in [-0.2, -0.15) is 0 Å². The average molecular weight is 498 g/mol. The molecular weight excluding hydrogens is 458 g/mol. The number of amides is 3. The number of rotatable bonds is 8. The Morgan fingerprint density at radius 3 is 2.64 bits per heavy atom. The second kappa shape index (κ2) is 12.7. The summed E-state index contributed by atoms with van der Waals surface area (Å²) in [6, 6.07) is 8.78. The van der Waals surface area contributed by atoms with Gasteiger partial charge in [0.1, 0.15) is 11.9 Å². The maximum atomic E-state index is 13.3. The van der Waals surface area contributed by atoms with Crippen molar-refractivity contribution in [3.63, 3.8) is 0 Å². The summed E-state index contributed by atoms with van der Waals surface area (Å²) >= 11 is 0. The molecule has 3 atom stereocenters.